The lowest BCUT2D eigenvalue weighted by atomic mass is 9.89. The van der Waals surface area contributed by atoms with Crippen LogP contribution in [0, 0.1) is 5.41 Å². The number of hydrogen-bond acceptors (Lipinski definition) is 4. The normalized spacial score (nSPS) is 18.2. The third kappa shape index (κ3) is 12.3. The van der Waals surface area contributed by atoms with Gasteiger partial charge in [-0.05, 0) is 13.3 Å². The van der Waals surface area contributed by atoms with Gasteiger partial charge in [-0.2, -0.15) is 0 Å². The van der Waals surface area contributed by atoms with Crippen molar-refractivity contribution in [2.45, 2.75) is 129 Å². The second-order valence-corrected chi connectivity index (χ2v) is 9.67. The highest BCUT2D eigenvalue weighted by Gasteiger charge is 2.40. The standard InChI is InChI=1S/C25H52N2O2/c1-3-4-5-6-7-8-9-10-11-12-13-14-15-16-17-18-19-24(2)28-22-25(20-26,21-27)23-29-24/h3-23,26-27H2,1-2H3. The van der Waals surface area contributed by atoms with E-state index in [9.17, 15) is 0 Å². The van der Waals surface area contributed by atoms with Crippen LogP contribution in [0.25, 0.3) is 0 Å². The molecule has 174 valence electrons. The van der Waals surface area contributed by atoms with E-state index in [2.05, 4.69) is 13.8 Å². The summed E-state index contributed by atoms with van der Waals surface area (Å²) in [5, 5.41) is 0. The highest BCUT2D eigenvalue weighted by atomic mass is 16.7. The van der Waals surface area contributed by atoms with Crippen molar-refractivity contribution >= 4 is 0 Å². The molecule has 1 saturated heterocycles. The Hall–Kier alpha value is -0.160. The zero-order valence-corrected chi connectivity index (χ0v) is 19.8. The molecule has 1 aliphatic rings. The molecule has 1 aliphatic heterocycles. The summed E-state index contributed by atoms with van der Waals surface area (Å²) in [7, 11) is 0. The molecule has 0 aliphatic carbocycles. The van der Waals surface area contributed by atoms with Crippen molar-refractivity contribution in [3.8, 4) is 0 Å². The Kier molecular flexibility index (Phi) is 15.3. The van der Waals surface area contributed by atoms with E-state index in [1.165, 1.54) is 103 Å². The lowest BCUT2D eigenvalue weighted by Gasteiger charge is -2.44. The smallest absolute Gasteiger partial charge is 0.165 e. The summed E-state index contributed by atoms with van der Waals surface area (Å²) < 4.78 is 12.0. The fraction of sp³-hybridized carbons (Fsp3) is 1.00. The lowest BCUT2D eigenvalue weighted by molar-refractivity contribution is -0.294. The van der Waals surface area contributed by atoms with E-state index in [4.69, 9.17) is 20.9 Å². The Labute approximate surface area is 181 Å². The molecule has 4 N–H and O–H groups in total. The van der Waals surface area contributed by atoms with E-state index in [-0.39, 0.29) is 5.41 Å². The van der Waals surface area contributed by atoms with Crippen LogP contribution < -0.4 is 11.5 Å². The van der Waals surface area contributed by atoms with Crippen molar-refractivity contribution in [2.75, 3.05) is 26.3 Å². The molecule has 0 unspecified atom stereocenters. The van der Waals surface area contributed by atoms with Gasteiger partial charge in [0, 0.05) is 24.9 Å². The second kappa shape index (κ2) is 16.5. The van der Waals surface area contributed by atoms with Crippen LogP contribution in [-0.4, -0.2) is 32.1 Å². The highest BCUT2D eigenvalue weighted by Crippen LogP contribution is 2.32. The molecule has 1 fully saturated rings. The van der Waals surface area contributed by atoms with Crippen molar-refractivity contribution in [3.63, 3.8) is 0 Å². The Morgan fingerprint density at radius 3 is 1.28 bits per heavy atom. The maximum absolute atomic E-state index is 6.01. The van der Waals surface area contributed by atoms with E-state index in [0.29, 0.717) is 26.3 Å². The Morgan fingerprint density at radius 2 is 0.931 bits per heavy atom. The molecule has 0 amide bonds. The van der Waals surface area contributed by atoms with E-state index in [0.717, 1.165) is 6.42 Å². The SMILES string of the molecule is CCCCCCCCCCCCCCCCCCC1(C)OCC(CN)(CN)CO1. The summed E-state index contributed by atoms with van der Waals surface area (Å²) in [6.07, 6.45) is 23.3. The van der Waals surface area contributed by atoms with Gasteiger partial charge in [-0.3, -0.25) is 0 Å². The van der Waals surface area contributed by atoms with Crippen molar-refractivity contribution in [1.82, 2.24) is 0 Å². The van der Waals surface area contributed by atoms with Crippen LogP contribution in [0.5, 0.6) is 0 Å². The maximum Gasteiger partial charge on any atom is 0.165 e. The maximum atomic E-state index is 6.01. The molecule has 4 nitrogen and oxygen atoms in total. The molecular weight excluding hydrogens is 360 g/mol. The first-order chi connectivity index (χ1) is 14.1. The Morgan fingerprint density at radius 1 is 0.586 bits per heavy atom. The third-order valence-corrected chi connectivity index (χ3v) is 6.72. The fourth-order valence-electron chi connectivity index (χ4n) is 4.15. The summed E-state index contributed by atoms with van der Waals surface area (Å²) in [6.45, 7) is 6.65. The van der Waals surface area contributed by atoms with Crippen LogP contribution in [-0.2, 0) is 9.47 Å². The Bertz CT molecular complexity index is 362. The van der Waals surface area contributed by atoms with Gasteiger partial charge in [0.2, 0.25) is 0 Å². The average molecular weight is 413 g/mol. The minimum Gasteiger partial charge on any atom is -0.349 e. The lowest BCUT2D eigenvalue weighted by Crippen LogP contribution is -2.54. The minimum atomic E-state index is -0.441. The van der Waals surface area contributed by atoms with Crippen LogP contribution in [0.4, 0.5) is 0 Å². The molecule has 0 aromatic carbocycles. The summed E-state index contributed by atoms with van der Waals surface area (Å²) in [5.41, 5.74) is 11.5. The summed E-state index contributed by atoms with van der Waals surface area (Å²) >= 11 is 0. The van der Waals surface area contributed by atoms with Gasteiger partial charge >= 0.3 is 0 Å². The van der Waals surface area contributed by atoms with E-state index in [1.807, 2.05) is 0 Å². The largest absolute Gasteiger partial charge is 0.349 e. The van der Waals surface area contributed by atoms with Gasteiger partial charge in [0.05, 0.1) is 13.2 Å². The topological polar surface area (TPSA) is 70.5 Å². The zero-order chi connectivity index (χ0) is 21.3. The summed E-state index contributed by atoms with van der Waals surface area (Å²) in [4.78, 5) is 0. The average Bonchev–Trinajstić information content (AvgIpc) is 2.74. The van der Waals surface area contributed by atoms with Gasteiger partial charge in [-0.25, -0.2) is 0 Å². The van der Waals surface area contributed by atoms with E-state index >= 15 is 0 Å². The Balaban J connectivity index is 1.85. The van der Waals surface area contributed by atoms with Gasteiger partial charge in [0.15, 0.2) is 5.79 Å². The van der Waals surface area contributed by atoms with Crippen LogP contribution >= 0.6 is 0 Å². The van der Waals surface area contributed by atoms with Crippen LogP contribution in [0.15, 0.2) is 0 Å². The first kappa shape index (κ1) is 26.9. The molecular formula is C25H52N2O2. The molecule has 1 heterocycles. The molecule has 0 radical (unpaired) electrons. The van der Waals surface area contributed by atoms with Crippen molar-refractivity contribution in [3.05, 3.63) is 0 Å². The molecule has 0 bridgehead atoms. The predicted molar refractivity (Wildman–Crippen MR) is 125 cm³/mol. The van der Waals surface area contributed by atoms with E-state index < -0.39 is 5.79 Å². The molecule has 0 aromatic rings. The fourth-order valence-corrected chi connectivity index (χ4v) is 4.15. The van der Waals surface area contributed by atoms with Crippen LogP contribution in [0.2, 0.25) is 0 Å². The molecule has 0 aromatic heterocycles. The number of nitrogens with two attached hydrogens (primary N) is 2. The summed E-state index contributed by atoms with van der Waals surface area (Å²) in [6, 6.07) is 0. The third-order valence-electron chi connectivity index (χ3n) is 6.72. The quantitative estimate of drug-likeness (QED) is 0.244. The van der Waals surface area contributed by atoms with E-state index in [1.54, 1.807) is 0 Å². The first-order valence-corrected chi connectivity index (χ1v) is 12.8. The molecule has 4 heteroatoms. The van der Waals surface area contributed by atoms with Crippen LogP contribution in [0.1, 0.15) is 123 Å². The molecule has 1 rings (SSSR count). The molecule has 0 atom stereocenters. The van der Waals surface area contributed by atoms with Crippen molar-refractivity contribution in [2.24, 2.45) is 16.9 Å². The van der Waals surface area contributed by atoms with Gasteiger partial charge in [-0.15, -0.1) is 0 Å². The van der Waals surface area contributed by atoms with Gasteiger partial charge in [0.1, 0.15) is 0 Å². The van der Waals surface area contributed by atoms with Gasteiger partial charge in [0.25, 0.3) is 0 Å². The number of unbranched alkanes of at least 4 members (excludes halogenated alkanes) is 15. The zero-order valence-electron chi connectivity index (χ0n) is 19.8. The van der Waals surface area contributed by atoms with Crippen molar-refractivity contribution < 1.29 is 9.47 Å². The highest BCUT2D eigenvalue weighted by molar-refractivity contribution is 4.86. The monoisotopic (exact) mass is 412 g/mol. The second-order valence-electron chi connectivity index (χ2n) is 9.67. The number of hydrogen-bond donors (Lipinski definition) is 2. The number of ether oxygens (including phenoxy) is 2. The molecule has 29 heavy (non-hydrogen) atoms. The minimum absolute atomic E-state index is 0.186. The number of rotatable bonds is 19. The van der Waals surface area contributed by atoms with Crippen LogP contribution in [0.3, 0.4) is 0 Å². The first-order valence-electron chi connectivity index (χ1n) is 12.8. The van der Waals surface area contributed by atoms with Gasteiger partial charge < -0.3 is 20.9 Å². The predicted octanol–water partition coefficient (Wildman–Crippen LogP) is 6.30. The van der Waals surface area contributed by atoms with Crippen molar-refractivity contribution in [1.29, 1.82) is 0 Å². The molecule has 0 saturated carbocycles. The summed E-state index contributed by atoms with van der Waals surface area (Å²) in [5.74, 6) is -0.441. The van der Waals surface area contributed by atoms with Gasteiger partial charge in [-0.1, -0.05) is 103 Å². The molecule has 0 spiro atoms.